The minimum atomic E-state index is -0.944. The van der Waals surface area contributed by atoms with Crippen LogP contribution in [0.5, 0.6) is 0 Å². The van der Waals surface area contributed by atoms with Gasteiger partial charge in [0.15, 0.2) is 0 Å². The Labute approximate surface area is 257 Å². The summed E-state index contributed by atoms with van der Waals surface area (Å²) >= 11 is 6.21. The van der Waals surface area contributed by atoms with Crippen molar-refractivity contribution in [3.05, 3.63) is 75.3 Å². The van der Waals surface area contributed by atoms with E-state index in [9.17, 15) is 19.2 Å². The summed E-state index contributed by atoms with van der Waals surface area (Å²) in [5, 5.41) is 3.03. The van der Waals surface area contributed by atoms with E-state index < -0.39 is 23.8 Å². The normalized spacial score (nSPS) is 24.4. The number of hydrogen-bond acceptors (Lipinski definition) is 6. The zero-order valence-electron chi connectivity index (χ0n) is 24.4. The molecule has 7 rings (SSSR count). The van der Waals surface area contributed by atoms with E-state index in [1.54, 1.807) is 17.7 Å². The van der Waals surface area contributed by atoms with E-state index in [1.807, 2.05) is 18.2 Å². The van der Waals surface area contributed by atoms with Gasteiger partial charge in [0.1, 0.15) is 6.04 Å². The van der Waals surface area contributed by atoms with Gasteiger partial charge in [0.2, 0.25) is 11.8 Å². The molecule has 8 nitrogen and oxygen atoms in total. The van der Waals surface area contributed by atoms with Gasteiger partial charge in [-0.25, -0.2) is 0 Å². The van der Waals surface area contributed by atoms with Crippen LogP contribution in [0.1, 0.15) is 83.2 Å². The smallest absolute Gasteiger partial charge is 0.262 e. The van der Waals surface area contributed by atoms with Gasteiger partial charge in [0, 0.05) is 50.7 Å². The van der Waals surface area contributed by atoms with Crippen LogP contribution in [-0.2, 0) is 16.1 Å². The number of allylic oxidation sites excluding steroid dienone is 1. The lowest BCUT2D eigenvalue weighted by atomic mass is 9.59. The maximum absolute atomic E-state index is 13.2. The first-order chi connectivity index (χ1) is 20.8. The summed E-state index contributed by atoms with van der Waals surface area (Å²) in [5.74, 6) is -1.88. The van der Waals surface area contributed by atoms with Crippen LogP contribution in [0.2, 0.25) is 5.02 Å². The SMILES string of the molecule is O=C1CCC(N2C(=O)c3ccc(CN4CCN(CC5=C(c6ccc(Cl)cc6)CC6(CCC6)CC5)CC4)cc3C2=O)C(=O)N1. The highest BCUT2D eigenvalue weighted by Gasteiger charge is 2.45. The van der Waals surface area contributed by atoms with E-state index >= 15 is 0 Å². The lowest BCUT2D eigenvalue weighted by molar-refractivity contribution is -0.136. The summed E-state index contributed by atoms with van der Waals surface area (Å²) in [7, 11) is 0. The molecule has 2 saturated heterocycles. The number of carbonyl (C=O) groups is 4. The van der Waals surface area contributed by atoms with Crippen LogP contribution in [0.4, 0.5) is 0 Å². The van der Waals surface area contributed by atoms with Crippen molar-refractivity contribution in [1.29, 1.82) is 0 Å². The van der Waals surface area contributed by atoms with E-state index in [1.165, 1.54) is 49.7 Å². The van der Waals surface area contributed by atoms with Gasteiger partial charge in [-0.3, -0.25) is 39.2 Å². The van der Waals surface area contributed by atoms with E-state index in [-0.39, 0.29) is 18.7 Å². The topological polar surface area (TPSA) is 90.0 Å². The van der Waals surface area contributed by atoms with Gasteiger partial charge >= 0.3 is 0 Å². The van der Waals surface area contributed by atoms with Crippen molar-refractivity contribution in [3.8, 4) is 0 Å². The second-order valence-corrected chi connectivity index (χ2v) is 13.4. The molecule has 1 spiro atoms. The third kappa shape index (κ3) is 5.45. The van der Waals surface area contributed by atoms with Crippen LogP contribution in [0, 0.1) is 5.41 Å². The van der Waals surface area contributed by atoms with Crippen molar-refractivity contribution < 1.29 is 19.2 Å². The summed E-state index contributed by atoms with van der Waals surface area (Å²) < 4.78 is 0. The molecule has 1 atom stereocenters. The molecule has 224 valence electrons. The highest BCUT2D eigenvalue weighted by Crippen LogP contribution is 2.55. The van der Waals surface area contributed by atoms with E-state index in [2.05, 4.69) is 27.2 Å². The summed E-state index contributed by atoms with van der Waals surface area (Å²) in [4.78, 5) is 56.2. The number of fused-ring (bicyclic) bond motifs is 1. The quantitative estimate of drug-likeness (QED) is 0.485. The highest BCUT2D eigenvalue weighted by atomic mass is 35.5. The molecule has 2 aromatic carbocycles. The van der Waals surface area contributed by atoms with Crippen molar-refractivity contribution in [2.75, 3.05) is 32.7 Å². The van der Waals surface area contributed by atoms with Crippen molar-refractivity contribution in [2.45, 2.75) is 64.0 Å². The second kappa shape index (κ2) is 11.3. The maximum atomic E-state index is 13.2. The third-order valence-corrected chi connectivity index (χ3v) is 10.6. The first kappa shape index (κ1) is 28.4. The predicted molar refractivity (Wildman–Crippen MR) is 163 cm³/mol. The van der Waals surface area contributed by atoms with Crippen LogP contribution < -0.4 is 5.32 Å². The Morgan fingerprint density at radius 2 is 1.51 bits per heavy atom. The number of amides is 4. The molecule has 43 heavy (non-hydrogen) atoms. The average Bonchev–Trinajstić information content (AvgIpc) is 3.23. The molecule has 0 radical (unpaired) electrons. The fourth-order valence-corrected chi connectivity index (χ4v) is 7.77. The number of halogens is 1. The maximum Gasteiger partial charge on any atom is 0.262 e. The first-order valence-electron chi connectivity index (χ1n) is 15.5. The largest absolute Gasteiger partial charge is 0.297 e. The molecular formula is C34H37ClN4O4. The van der Waals surface area contributed by atoms with Gasteiger partial charge in [0.25, 0.3) is 11.8 Å². The Morgan fingerprint density at radius 3 is 2.19 bits per heavy atom. The molecule has 9 heteroatoms. The molecule has 1 saturated carbocycles. The lowest BCUT2D eigenvalue weighted by Crippen LogP contribution is -2.54. The molecule has 3 fully saturated rings. The number of nitrogens with zero attached hydrogens (tertiary/aromatic N) is 3. The molecule has 1 unspecified atom stereocenters. The van der Waals surface area contributed by atoms with Gasteiger partial charge in [-0.2, -0.15) is 0 Å². The van der Waals surface area contributed by atoms with Crippen LogP contribution >= 0.6 is 11.6 Å². The minimum absolute atomic E-state index is 0.113. The van der Waals surface area contributed by atoms with Crippen molar-refractivity contribution in [2.24, 2.45) is 5.41 Å². The number of imide groups is 2. The van der Waals surface area contributed by atoms with Gasteiger partial charge in [-0.05, 0) is 84.9 Å². The molecule has 1 N–H and O–H groups in total. The first-order valence-corrected chi connectivity index (χ1v) is 15.9. The Hall–Kier alpha value is -3.33. The average molecular weight is 601 g/mol. The number of piperidine rings is 1. The lowest BCUT2D eigenvalue weighted by Gasteiger charge is -2.47. The predicted octanol–water partition coefficient (Wildman–Crippen LogP) is 4.67. The number of benzene rings is 2. The molecule has 5 aliphatic rings. The number of nitrogens with one attached hydrogen (secondary N) is 1. The Morgan fingerprint density at radius 1 is 0.814 bits per heavy atom. The van der Waals surface area contributed by atoms with Gasteiger partial charge < -0.3 is 0 Å². The molecule has 2 aliphatic carbocycles. The molecule has 0 bridgehead atoms. The van der Waals surface area contributed by atoms with Crippen LogP contribution in [0.15, 0.2) is 48.0 Å². The molecule has 3 heterocycles. The van der Waals surface area contributed by atoms with E-state index in [0.717, 1.165) is 48.2 Å². The summed E-state index contributed by atoms with van der Waals surface area (Å²) in [6.07, 6.45) is 8.01. The zero-order chi connectivity index (χ0) is 29.7. The number of hydrogen-bond donors (Lipinski definition) is 1. The molecule has 0 aromatic heterocycles. The highest BCUT2D eigenvalue weighted by molar-refractivity contribution is 6.30. The molecule has 3 aliphatic heterocycles. The third-order valence-electron chi connectivity index (χ3n) is 10.3. The number of carbonyl (C=O) groups excluding carboxylic acids is 4. The van der Waals surface area contributed by atoms with Crippen molar-refractivity contribution in [3.63, 3.8) is 0 Å². The Kier molecular flexibility index (Phi) is 7.48. The fraction of sp³-hybridized carbons (Fsp3) is 0.471. The fourth-order valence-electron chi connectivity index (χ4n) is 7.64. The monoisotopic (exact) mass is 600 g/mol. The Bertz CT molecular complexity index is 1520. The number of piperazine rings is 1. The standard InChI is InChI=1S/C34H37ClN4O4/c35-25-5-3-23(4-6-25)28-19-34(11-1-12-34)13-10-24(28)21-38-16-14-37(15-17-38)20-22-2-7-26-27(18-22)33(43)39(32(26)42)29-8-9-30(40)36-31(29)41/h2-7,18,29H,1,8-17,19-21H2,(H,36,40,41). The van der Waals surface area contributed by atoms with Crippen molar-refractivity contribution >= 4 is 40.8 Å². The Balaban J connectivity index is 0.991. The summed E-state index contributed by atoms with van der Waals surface area (Å²) in [6.45, 7) is 5.53. The molecular weight excluding hydrogens is 564 g/mol. The summed E-state index contributed by atoms with van der Waals surface area (Å²) in [6, 6.07) is 12.9. The molecule has 2 aromatic rings. The van der Waals surface area contributed by atoms with Crippen molar-refractivity contribution in [1.82, 2.24) is 20.0 Å². The summed E-state index contributed by atoms with van der Waals surface area (Å²) in [5.41, 5.74) is 6.59. The van der Waals surface area contributed by atoms with Gasteiger partial charge in [-0.1, -0.05) is 41.8 Å². The van der Waals surface area contributed by atoms with E-state index in [0.29, 0.717) is 23.1 Å². The van der Waals surface area contributed by atoms with Gasteiger partial charge in [-0.15, -0.1) is 0 Å². The molecule has 4 amide bonds. The number of rotatable bonds is 6. The van der Waals surface area contributed by atoms with Crippen LogP contribution in [0.25, 0.3) is 5.57 Å². The zero-order valence-corrected chi connectivity index (χ0v) is 25.1. The van der Waals surface area contributed by atoms with Crippen LogP contribution in [0.3, 0.4) is 0 Å². The van der Waals surface area contributed by atoms with Gasteiger partial charge in [0.05, 0.1) is 11.1 Å². The minimum Gasteiger partial charge on any atom is -0.297 e. The van der Waals surface area contributed by atoms with E-state index in [4.69, 9.17) is 11.6 Å². The second-order valence-electron chi connectivity index (χ2n) is 13.0. The van der Waals surface area contributed by atoms with Crippen LogP contribution in [-0.4, -0.2) is 77.1 Å².